The quantitative estimate of drug-likeness (QED) is 0.213. The molecule has 0 atom stereocenters. The summed E-state index contributed by atoms with van der Waals surface area (Å²) in [5, 5.41) is 23.2. The fourth-order valence-corrected chi connectivity index (χ4v) is 4.18. The molecule has 148 valence electrons. The second-order valence-corrected chi connectivity index (χ2v) is 9.38. The van der Waals surface area contributed by atoms with E-state index in [9.17, 15) is 36.7 Å². The molecule has 11 heteroatoms. The maximum atomic E-state index is 12.6. The van der Waals surface area contributed by atoms with Gasteiger partial charge in [0.25, 0.3) is 0 Å². The van der Waals surface area contributed by atoms with Crippen LogP contribution in [0.2, 0.25) is 0 Å². The summed E-state index contributed by atoms with van der Waals surface area (Å²) in [5.74, 6) is -1.81. The van der Waals surface area contributed by atoms with E-state index in [1.807, 2.05) is 0 Å². The van der Waals surface area contributed by atoms with E-state index in [0.717, 1.165) is 19.1 Å². The van der Waals surface area contributed by atoms with Crippen LogP contribution in [0.1, 0.15) is 28.4 Å². The molecular weight excluding hydrogens is 435 g/mol. The summed E-state index contributed by atoms with van der Waals surface area (Å²) in [6.07, 6.45) is -0.251. The monoisotopic (exact) mass is 452 g/mol. The zero-order chi connectivity index (χ0) is 21.2. The molecule has 0 unspecified atom stereocenters. The molecule has 2 rings (SSSR count). The summed E-state index contributed by atoms with van der Waals surface area (Å²) in [5.41, 5.74) is 0.0661. The van der Waals surface area contributed by atoms with Crippen LogP contribution in [0.25, 0.3) is 0 Å². The first-order chi connectivity index (χ1) is 12.9. The first-order valence-electron chi connectivity index (χ1n) is 7.88. The molecule has 0 saturated carbocycles. The Morgan fingerprint density at radius 1 is 1.21 bits per heavy atom. The van der Waals surface area contributed by atoms with Gasteiger partial charge in [0.05, 0.1) is 0 Å². The summed E-state index contributed by atoms with van der Waals surface area (Å²) < 4.78 is 30.3. The first-order valence-corrected chi connectivity index (χ1v) is 11.3. The number of amides is 1. The Morgan fingerprint density at radius 2 is 1.86 bits per heavy atom. The minimum absolute atomic E-state index is 0.106. The van der Waals surface area contributed by atoms with E-state index in [1.54, 1.807) is 0 Å². The molecule has 0 aliphatic carbocycles. The van der Waals surface area contributed by atoms with Gasteiger partial charge in [-0.05, 0) is 0 Å². The maximum absolute atomic E-state index is 12.6. The fraction of sp³-hybridized carbons (Fsp3) is 0.176. The van der Waals surface area contributed by atoms with Crippen molar-refractivity contribution in [3.05, 3.63) is 57.1 Å². The van der Waals surface area contributed by atoms with Crippen molar-refractivity contribution in [2.24, 2.45) is 0 Å². The van der Waals surface area contributed by atoms with Crippen molar-refractivity contribution in [2.75, 3.05) is 5.32 Å². The number of aryl methyl sites for hydroxylation is 1. The molecule has 0 saturated heterocycles. The zero-order valence-corrected chi connectivity index (χ0v) is 16.7. The van der Waals surface area contributed by atoms with Crippen molar-refractivity contribution < 1.29 is 31.5 Å². The molecule has 0 aromatic heterocycles. The van der Waals surface area contributed by atoms with Gasteiger partial charge in [0.15, 0.2) is 0 Å². The number of nitrogens with zero attached hydrogens (tertiary/aromatic N) is 1. The number of carbonyl (C=O) groups excluding carboxylic acids is 2. The Balaban J connectivity index is 2.43. The van der Waals surface area contributed by atoms with Crippen molar-refractivity contribution in [1.29, 1.82) is 0 Å². The number of carbonyl (C=O) groups is 2. The number of nitro groups is 1. The van der Waals surface area contributed by atoms with Crippen molar-refractivity contribution >= 4 is 41.6 Å². The molecule has 0 fully saturated rings. The molecule has 4 N–H and O–H groups in total. The van der Waals surface area contributed by atoms with E-state index in [0.29, 0.717) is 11.1 Å². The number of hydrogen-bond acceptors (Lipinski definition) is 6. The van der Waals surface area contributed by atoms with Crippen LogP contribution in [0.15, 0.2) is 30.3 Å². The van der Waals surface area contributed by atoms with Gasteiger partial charge >= 0.3 is 162 Å². The zero-order valence-electron chi connectivity index (χ0n) is 14.9. The molecule has 1 amide bonds. The van der Waals surface area contributed by atoms with Crippen molar-refractivity contribution in [1.82, 2.24) is 0 Å². The third-order valence-corrected chi connectivity index (χ3v) is 5.95. The van der Waals surface area contributed by atoms with E-state index in [4.69, 9.17) is 0 Å². The Morgan fingerprint density at radius 3 is 2.36 bits per heavy atom. The van der Waals surface area contributed by atoms with E-state index < -0.39 is 40.9 Å². The number of hydrogen-bond donors (Lipinski definition) is 4. The van der Waals surface area contributed by atoms with Crippen LogP contribution < -0.4 is 9.67 Å². The van der Waals surface area contributed by atoms with Crippen LogP contribution in [0.4, 0.5) is 11.4 Å². The average Bonchev–Trinajstić information content (AvgIpc) is 2.52. The second-order valence-electron chi connectivity index (χ2n) is 6.09. The fourth-order valence-electron chi connectivity index (χ4n) is 2.64. The van der Waals surface area contributed by atoms with Crippen LogP contribution in [-0.2, 0) is 15.0 Å². The topological polar surface area (TPSA) is 167 Å². The molecule has 0 aliphatic rings. The standard InChI is InChI=1S/C17H17AsN2O8/c1-9-5-11(3-4-15(9)20(27)28)6-16(22)12-7-13(18(24,25)26)14(8-17(12)23)19-10(2)21/h3-5,7-8,23H,6H2,1-2H3,(H,19,21)(H2,24,25,26). The van der Waals surface area contributed by atoms with Gasteiger partial charge in [0, 0.05) is 0 Å². The van der Waals surface area contributed by atoms with Crippen LogP contribution >= 0.6 is 0 Å². The van der Waals surface area contributed by atoms with E-state index in [1.165, 1.54) is 25.1 Å². The molecule has 0 radical (unpaired) electrons. The van der Waals surface area contributed by atoms with Gasteiger partial charge in [-0.1, -0.05) is 0 Å². The summed E-state index contributed by atoms with van der Waals surface area (Å²) >= 11 is -5.54. The number of nitro benzene ring substituents is 1. The van der Waals surface area contributed by atoms with Gasteiger partial charge < -0.3 is 0 Å². The van der Waals surface area contributed by atoms with E-state index in [-0.39, 0.29) is 23.4 Å². The molecule has 2 aromatic carbocycles. The predicted molar refractivity (Wildman–Crippen MR) is 98.8 cm³/mol. The summed E-state index contributed by atoms with van der Waals surface area (Å²) in [4.78, 5) is 34.1. The third kappa shape index (κ3) is 4.86. The number of nitrogens with one attached hydrogen (secondary N) is 1. The average molecular weight is 452 g/mol. The van der Waals surface area contributed by atoms with Crippen LogP contribution in [0.5, 0.6) is 5.75 Å². The second kappa shape index (κ2) is 7.97. The Kier molecular flexibility index (Phi) is 6.08. The molecule has 0 heterocycles. The summed E-state index contributed by atoms with van der Waals surface area (Å²) in [7, 11) is 0. The van der Waals surface area contributed by atoms with Gasteiger partial charge in [-0.3, -0.25) is 0 Å². The number of aromatic hydroxyl groups is 1. The number of anilines is 1. The number of benzene rings is 2. The number of Topliss-reactive ketones (excluding diaryl/α,β-unsaturated/α-hetero) is 1. The number of rotatable bonds is 6. The summed E-state index contributed by atoms with van der Waals surface area (Å²) in [6.45, 7) is 2.64. The van der Waals surface area contributed by atoms with E-state index in [2.05, 4.69) is 5.32 Å². The number of phenols is 1. The van der Waals surface area contributed by atoms with Crippen LogP contribution in [0, 0.1) is 17.0 Å². The minimum atomic E-state index is -5.54. The van der Waals surface area contributed by atoms with Crippen molar-refractivity contribution in [3.8, 4) is 5.75 Å². The van der Waals surface area contributed by atoms with Gasteiger partial charge in [-0.25, -0.2) is 0 Å². The molecule has 0 spiro atoms. The Bertz CT molecular complexity index is 1030. The Labute approximate surface area is 162 Å². The third-order valence-electron chi connectivity index (χ3n) is 3.86. The molecule has 28 heavy (non-hydrogen) atoms. The number of ketones is 1. The van der Waals surface area contributed by atoms with Gasteiger partial charge in [-0.2, -0.15) is 0 Å². The SMILES string of the molecule is CC(=O)Nc1cc(O)c(C(=O)Cc2ccc([N+](=O)[O-])c(C)c2)cc1[As](=O)(O)O. The molecule has 0 aliphatic heterocycles. The molecule has 0 bridgehead atoms. The molecule has 2 aromatic rings. The predicted octanol–water partition coefficient (Wildman–Crippen LogP) is 0.554. The molecule has 10 nitrogen and oxygen atoms in total. The first kappa shape index (κ1) is 21.4. The van der Waals surface area contributed by atoms with Gasteiger partial charge in [-0.15, -0.1) is 0 Å². The number of phenolic OH excluding ortho intramolecular Hbond substituents is 1. The van der Waals surface area contributed by atoms with E-state index >= 15 is 0 Å². The van der Waals surface area contributed by atoms with Gasteiger partial charge in [0.2, 0.25) is 0 Å². The van der Waals surface area contributed by atoms with Crippen LogP contribution in [-0.4, -0.2) is 44.1 Å². The van der Waals surface area contributed by atoms with Crippen LogP contribution in [0.3, 0.4) is 0 Å². The Hall–Kier alpha value is -2.94. The van der Waals surface area contributed by atoms with Crippen molar-refractivity contribution in [3.63, 3.8) is 0 Å². The normalized spacial score (nSPS) is 11.1. The van der Waals surface area contributed by atoms with Crippen molar-refractivity contribution in [2.45, 2.75) is 20.3 Å². The molecular formula is C17H17AsN2O8. The van der Waals surface area contributed by atoms with Gasteiger partial charge in [0.1, 0.15) is 0 Å². The summed E-state index contributed by atoms with van der Waals surface area (Å²) in [6, 6.07) is 5.86.